The maximum absolute atomic E-state index is 2.44. The summed E-state index contributed by atoms with van der Waals surface area (Å²) in [4.78, 5) is 2.44. The van der Waals surface area contributed by atoms with Gasteiger partial charge < -0.3 is 4.90 Å². The zero-order valence-electron chi connectivity index (χ0n) is 31.0. The largest absolute Gasteiger partial charge is 0.309 e. The first-order chi connectivity index (χ1) is 28.2. The van der Waals surface area contributed by atoms with E-state index in [2.05, 4.69) is 217 Å². The number of anilines is 3. The van der Waals surface area contributed by atoms with E-state index in [1.807, 2.05) is 22.7 Å². The van der Waals surface area contributed by atoms with E-state index in [9.17, 15) is 0 Å². The molecular weight excluding hydrogens is 727 g/mol. The Morgan fingerprint density at radius 2 is 0.789 bits per heavy atom. The molecule has 3 heteroatoms. The molecule has 0 fully saturated rings. The van der Waals surface area contributed by atoms with Gasteiger partial charge >= 0.3 is 0 Å². The van der Waals surface area contributed by atoms with E-state index in [0.717, 1.165) is 11.4 Å². The normalized spacial score (nSPS) is 11.5. The van der Waals surface area contributed by atoms with E-state index >= 15 is 0 Å². The second-order valence-electron chi connectivity index (χ2n) is 14.5. The standard InChI is InChI=1S/C54H35NS2/c1-3-12-36(13-4-1)40-16-11-17-41(34-40)37-22-27-43(28-23-37)55(44-29-24-38(25-30-44)42-26-31-47-46-18-7-9-20-50(46)56-52(47)35-42)49-33-32-45(39-14-5-2-6-15-39)53-48-19-8-10-21-51(48)57-54(49)53/h1-35H. The molecule has 0 saturated carbocycles. The van der Waals surface area contributed by atoms with Gasteiger partial charge in [-0.1, -0.05) is 158 Å². The van der Waals surface area contributed by atoms with Gasteiger partial charge in [-0.3, -0.25) is 0 Å². The van der Waals surface area contributed by atoms with Crippen LogP contribution in [0.2, 0.25) is 0 Å². The Bertz CT molecular complexity index is 3210. The number of benzene rings is 9. The van der Waals surface area contributed by atoms with E-state index in [0.29, 0.717) is 0 Å². The fraction of sp³-hybridized carbons (Fsp3) is 0. The molecule has 0 spiro atoms. The van der Waals surface area contributed by atoms with Crippen LogP contribution in [0.1, 0.15) is 0 Å². The number of rotatable bonds is 7. The lowest BCUT2D eigenvalue weighted by Crippen LogP contribution is -2.10. The molecule has 0 bridgehead atoms. The first-order valence-corrected chi connectivity index (χ1v) is 21.0. The molecule has 11 aromatic rings. The van der Waals surface area contributed by atoms with Crippen LogP contribution in [-0.2, 0) is 0 Å². The topological polar surface area (TPSA) is 3.24 Å². The number of nitrogens with zero attached hydrogens (tertiary/aromatic N) is 1. The van der Waals surface area contributed by atoms with Crippen molar-refractivity contribution in [1.29, 1.82) is 0 Å². The minimum absolute atomic E-state index is 1.11. The molecule has 268 valence electrons. The van der Waals surface area contributed by atoms with Gasteiger partial charge in [-0.15, -0.1) is 22.7 Å². The molecule has 0 radical (unpaired) electrons. The van der Waals surface area contributed by atoms with Crippen molar-refractivity contribution >= 4 is 80.1 Å². The van der Waals surface area contributed by atoms with Crippen molar-refractivity contribution < 1.29 is 0 Å². The maximum Gasteiger partial charge on any atom is 0.0640 e. The molecule has 0 aliphatic carbocycles. The summed E-state index contributed by atoms with van der Waals surface area (Å²) in [6.07, 6.45) is 0. The van der Waals surface area contributed by atoms with E-state index in [-0.39, 0.29) is 0 Å². The van der Waals surface area contributed by atoms with E-state index in [4.69, 9.17) is 0 Å². The average molecular weight is 762 g/mol. The highest BCUT2D eigenvalue weighted by molar-refractivity contribution is 7.26. The van der Waals surface area contributed by atoms with Crippen molar-refractivity contribution in [2.24, 2.45) is 0 Å². The first-order valence-electron chi connectivity index (χ1n) is 19.3. The molecule has 0 unspecified atom stereocenters. The van der Waals surface area contributed by atoms with Crippen molar-refractivity contribution in [1.82, 2.24) is 0 Å². The molecule has 2 aromatic heterocycles. The third-order valence-electron chi connectivity index (χ3n) is 11.1. The number of hydrogen-bond donors (Lipinski definition) is 0. The van der Waals surface area contributed by atoms with Gasteiger partial charge in [0.25, 0.3) is 0 Å². The molecule has 0 saturated heterocycles. The van der Waals surface area contributed by atoms with Crippen LogP contribution in [0.25, 0.3) is 84.9 Å². The molecule has 0 atom stereocenters. The molecular formula is C54H35NS2. The Kier molecular flexibility index (Phi) is 8.28. The molecule has 0 amide bonds. The van der Waals surface area contributed by atoms with Crippen LogP contribution < -0.4 is 4.90 Å². The number of hydrogen-bond acceptors (Lipinski definition) is 3. The molecule has 0 N–H and O–H groups in total. The van der Waals surface area contributed by atoms with Gasteiger partial charge in [0.15, 0.2) is 0 Å². The zero-order valence-corrected chi connectivity index (χ0v) is 32.6. The molecule has 1 nitrogen and oxygen atoms in total. The third-order valence-corrected chi connectivity index (χ3v) is 13.4. The van der Waals surface area contributed by atoms with Crippen molar-refractivity contribution in [3.63, 3.8) is 0 Å². The van der Waals surface area contributed by atoms with Gasteiger partial charge in [-0.05, 0) is 99.1 Å². The number of fused-ring (bicyclic) bond motifs is 6. The Morgan fingerprint density at radius 1 is 0.298 bits per heavy atom. The minimum Gasteiger partial charge on any atom is -0.309 e. The monoisotopic (exact) mass is 761 g/mol. The Balaban J connectivity index is 1.05. The average Bonchev–Trinajstić information content (AvgIpc) is 3.87. The summed E-state index contributed by atoms with van der Waals surface area (Å²) in [5.74, 6) is 0. The predicted octanol–water partition coefficient (Wildman–Crippen LogP) is 16.6. The Morgan fingerprint density at radius 3 is 1.46 bits per heavy atom. The molecule has 0 aliphatic rings. The molecule has 57 heavy (non-hydrogen) atoms. The Labute approximate surface area is 340 Å². The first kappa shape index (κ1) is 33.5. The second-order valence-corrected chi connectivity index (χ2v) is 16.6. The van der Waals surface area contributed by atoms with Crippen molar-refractivity contribution in [2.45, 2.75) is 0 Å². The van der Waals surface area contributed by atoms with Crippen LogP contribution in [0.3, 0.4) is 0 Å². The van der Waals surface area contributed by atoms with Crippen LogP contribution in [-0.4, -0.2) is 0 Å². The van der Waals surface area contributed by atoms with Crippen LogP contribution in [0.15, 0.2) is 212 Å². The van der Waals surface area contributed by atoms with Gasteiger partial charge in [0.2, 0.25) is 0 Å². The quantitative estimate of drug-likeness (QED) is 0.156. The van der Waals surface area contributed by atoms with Gasteiger partial charge in [0, 0.05) is 47.0 Å². The molecule has 0 aliphatic heterocycles. The summed E-state index contributed by atoms with van der Waals surface area (Å²) in [5.41, 5.74) is 13.2. The smallest absolute Gasteiger partial charge is 0.0640 e. The highest BCUT2D eigenvalue weighted by atomic mass is 32.1. The summed E-state index contributed by atoms with van der Waals surface area (Å²) < 4.78 is 5.21. The van der Waals surface area contributed by atoms with Crippen LogP contribution in [0, 0.1) is 0 Å². The summed E-state index contributed by atoms with van der Waals surface area (Å²) in [6.45, 7) is 0. The summed E-state index contributed by atoms with van der Waals surface area (Å²) in [7, 11) is 0. The lowest BCUT2D eigenvalue weighted by atomic mass is 9.97. The predicted molar refractivity (Wildman–Crippen MR) is 249 cm³/mol. The molecule has 9 aromatic carbocycles. The lowest BCUT2D eigenvalue weighted by molar-refractivity contribution is 1.30. The summed E-state index contributed by atoms with van der Waals surface area (Å²) in [5, 5.41) is 5.24. The SMILES string of the molecule is c1ccc(-c2cccc(-c3ccc(N(c4ccc(-c5ccc6c(c5)sc5ccccc56)cc4)c4ccc(-c5ccccc5)c5c4sc4ccccc45)cc3)c2)cc1. The fourth-order valence-electron chi connectivity index (χ4n) is 8.30. The summed E-state index contributed by atoms with van der Waals surface area (Å²) in [6, 6.07) is 77.5. The van der Waals surface area contributed by atoms with Gasteiger partial charge in [0.05, 0.1) is 10.4 Å². The lowest BCUT2D eigenvalue weighted by Gasteiger charge is -2.27. The van der Waals surface area contributed by atoms with Crippen LogP contribution in [0.4, 0.5) is 17.1 Å². The fourth-order valence-corrected chi connectivity index (χ4v) is 10.7. The second kappa shape index (κ2) is 14.1. The van der Waals surface area contributed by atoms with Gasteiger partial charge in [0.1, 0.15) is 0 Å². The maximum atomic E-state index is 2.44. The zero-order chi connectivity index (χ0) is 37.7. The third kappa shape index (κ3) is 6.00. The van der Waals surface area contributed by atoms with Crippen molar-refractivity contribution in [3.8, 4) is 44.5 Å². The highest BCUT2D eigenvalue weighted by Crippen LogP contribution is 2.48. The summed E-state index contributed by atoms with van der Waals surface area (Å²) >= 11 is 3.74. The molecule has 2 heterocycles. The van der Waals surface area contributed by atoms with E-state index in [1.54, 1.807) is 0 Å². The van der Waals surface area contributed by atoms with E-state index < -0.39 is 0 Å². The minimum atomic E-state index is 1.11. The van der Waals surface area contributed by atoms with Crippen LogP contribution >= 0.6 is 22.7 Å². The van der Waals surface area contributed by atoms with E-state index in [1.165, 1.54) is 90.5 Å². The van der Waals surface area contributed by atoms with Crippen molar-refractivity contribution in [2.75, 3.05) is 4.90 Å². The highest BCUT2D eigenvalue weighted by Gasteiger charge is 2.21. The van der Waals surface area contributed by atoms with Crippen molar-refractivity contribution in [3.05, 3.63) is 212 Å². The van der Waals surface area contributed by atoms with Gasteiger partial charge in [-0.2, -0.15) is 0 Å². The Hall–Kier alpha value is -6.78. The molecule has 11 rings (SSSR count). The van der Waals surface area contributed by atoms with Crippen LogP contribution in [0.5, 0.6) is 0 Å². The number of thiophene rings is 2. The van der Waals surface area contributed by atoms with Gasteiger partial charge in [-0.25, -0.2) is 0 Å².